The third-order valence-corrected chi connectivity index (χ3v) is 3.22. The van der Waals surface area contributed by atoms with Crippen LogP contribution in [0.3, 0.4) is 0 Å². The minimum atomic E-state index is -0.878. The zero-order valence-electron chi connectivity index (χ0n) is 10.7. The van der Waals surface area contributed by atoms with Gasteiger partial charge in [0, 0.05) is 0 Å². The molecule has 0 radical (unpaired) electrons. The molecule has 0 bridgehead atoms. The molecule has 1 atom stereocenters. The van der Waals surface area contributed by atoms with Crippen LogP contribution in [0.15, 0.2) is 60.7 Å². The molecule has 0 aliphatic heterocycles. The standard InChI is InChI=1S/C17H12O3/c18-15-11-10-12-6-4-5-9-14(12)16(15)17(19)20-13-7-2-1-3-8-13/h1-11,16H. The molecule has 1 aliphatic carbocycles. The maximum atomic E-state index is 12.3. The molecule has 3 rings (SSSR count). The molecule has 0 spiro atoms. The smallest absolute Gasteiger partial charge is 0.326 e. The third-order valence-electron chi connectivity index (χ3n) is 3.22. The van der Waals surface area contributed by atoms with Crippen molar-refractivity contribution in [2.75, 3.05) is 0 Å². The van der Waals surface area contributed by atoms with Crippen LogP contribution < -0.4 is 4.74 Å². The van der Waals surface area contributed by atoms with Gasteiger partial charge in [-0.15, -0.1) is 0 Å². The van der Waals surface area contributed by atoms with Crippen molar-refractivity contribution in [1.29, 1.82) is 0 Å². The Bertz CT molecular complexity index is 686. The molecular weight excluding hydrogens is 252 g/mol. The van der Waals surface area contributed by atoms with Gasteiger partial charge in [-0.05, 0) is 29.3 Å². The molecule has 0 aromatic heterocycles. The number of fused-ring (bicyclic) bond motifs is 1. The molecule has 20 heavy (non-hydrogen) atoms. The third kappa shape index (κ3) is 2.26. The van der Waals surface area contributed by atoms with Crippen LogP contribution in [0, 0.1) is 0 Å². The van der Waals surface area contributed by atoms with Crippen molar-refractivity contribution < 1.29 is 14.3 Å². The van der Waals surface area contributed by atoms with E-state index in [0.29, 0.717) is 11.3 Å². The number of rotatable bonds is 2. The van der Waals surface area contributed by atoms with Crippen LogP contribution in [0.2, 0.25) is 0 Å². The summed E-state index contributed by atoms with van der Waals surface area (Å²) in [6.45, 7) is 0. The first kappa shape index (κ1) is 12.4. The number of esters is 1. The van der Waals surface area contributed by atoms with Crippen molar-refractivity contribution in [3.8, 4) is 5.75 Å². The Labute approximate surface area is 116 Å². The maximum absolute atomic E-state index is 12.3. The highest BCUT2D eigenvalue weighted by molar-refractivity contribution is 6.14. The number of carbonyl (C=O) groups excluding carboxylic acids is 2. The highest BCUT2D eigenvalue weighted by Crippen LogP contribution is 2.28. The summed E-state index contributed by atoms with van der Waals surface area (Å²) >= 11 is 0. The van der Waals surface area contributed by atoms with E-state index in [0.717, 1.165) is 5.56 Å². The lowest BCUT2D eigenvalue weighted by Crippen LogP contribution is -2.27. The topological polar surface area (TPSA) is 43.4 Å². The van der Waals surface area contributed by atoms with Crippen molar-refractivity contribution in [2.45, 2.75) is 5.92 Å². The number of hydrogen-bond donors (Lipinski definition) is 0. The van der Waals surface area contributed by atoms with Crippen molar-refractivity contribution in [2.24, 2.45) is 0 Å². The van der Waals surface area contributed by atoms with Gasteiger partial charge in [0.2, 0.25) is 0 Å². The molecule has 0 amide bonds. The highest BCUT2D eigenvalue weighted by Gasteiger charge is 2.32. The lowest BCUT2D eigenvalue weighted by Gasteiger charge is -2.19. The average Bonchev–Trinajstić information content (AvgIpc) is 2.48. The van der Waals surface area contributed by atoms with E-state index in [1.807, 2.05) is 24.3 Å². The Morgan fingerprint density at radius 2 is 1.60 bits per heavy atom. The molecule has 3 nitrogen and oxygen atoms in total. The summed E-state index contributed by atoms with van der Waals surface area (Å²) in [7, 11) is 0. The molecule has 0 fully saturated rings. The Balaban J connectivity index is 1.91. The van der Waals surface area contributed by atoms with E-state index in [4.69, 9.17) is 4.74 Å². The number of ether oxygens (including phenoxy) is 1. The molecule has 1 aliphatic rings. The van der Waals surface area contributed by atoms with Crippen molar-refractivity contribution >= 4 is 17.8 Å². The number of benzene rings is 2. The van der Waals surface area contributed by atoms with E-state index < -0.39 is 11.9 Å². The van der Waals surface area contributed by atoms with Gasteiger partial charge in [-0.1, -0.05) is 48.5 Å². The molecule has 0 saturated heterocycles. The fourth-order valence-corrected chi connectivity index (χ4v) is 2.25. The van der Waals surface area contributed by atoms with E-state index in [2.05, 4.69) is 0 Å². The molecule has 3 heteroatoms. The fraction of sp³-hybridized carbons (Fsp3) is 0.0588. The summed E-state index contributed by atoms with van der Waals surface area (Å²) < 4.78 is 5.29. The lowest BCUT2D eigenvalue weighted by molar-refractivity contribution is -0.139. The van der Waals surface area contributed by atoms with Gasteiger partial charge in [0.05, 0.1) is 0 Å². The number of allylic oxidation sites excluding steroid dienone is 1. The predicted octanol–water partition coefficient (Wildman–Crippen LogP) is 2.97. The summed E-state index contributed by atoms with van der Waals surface area (Å²) in [5.41, 5.74) is 1.57. The second kappa shape index (κ2) is 5.13. The largest absolute Gasteiger partial charge is 0.426 e. The number of carbonyl (C=O) groups is 2. The average molecular weight is 264 g/mol. The maximum Gasteiger partial charge on any atom is 0.326 e. The summed E-state index contributed by atoms with van der Waals surface area (Å²) in [5, 5.41) is 0. The van der Waals surface area contributed by atoms with Gasteiger partial charge in [0.15, 0.2) is 5.78 Å². The van der Waals surface area contributed by atoms with Crippen LogP contribution in [-0.2, 0) is 9.59 Å². The highest BCUT2D eigenvalue weighted by atomic mass is 16.5. The lowest BCUT2D eigenvalue weighted by atomic mass is 9.86. The Kier molecular flexibility index (Phi) is 3.17. The van der Waals surface area contributed by atoms with Crippen LogP contribution in [0.5, 0.6) is 5.75 Å². The first-order valence-corrected chi connectivity index (χ1v) is 6.33. The number of ketones is 1. The zero-order chi connectivity index (χ0) is 13.9. The molecule has 0 heterocycles. The molecule has 0 N–H and O–H groups in total. The van der Waals surface area contributed by atoms with E-state index in [1.54, 1.807) is 36.4 Å². The SMILES string of the molecule is O=C1C=Cc2ccccc2C1C(=O)Oc1ccccc1. The van der Waals surface area contributed by atoms with Gasteiger partial charge in [0.1, 0.15) is 11.7 Å². The molecule has 0 saturated carbocycles. The number of para-hydroxylation sites is 1. The van der Waals surface area contributed by atoms with E-state index in [9.17, 15) is 9.59 Å². The Morgan fingerprint density at radius 3 is 2.40 bits per heavy atom. The van der Waals surface area contributed by atoms with Gasteiger partial charge >= 0.3 is 5.97 Å². The minimum Gasteiger partial charge on any atom is -0.426 e. The summed E-state index contributed by atoms with van der Waals surface area (Å²) in [6, 6.07) is 16.1. The molecule has 1 unspecified atom stereocenters. The van der Waals surface area contributed by atoms with Crippen LogP contribution in [0.1, 0.15) is 17.0 Å². The minimum absolute atomic E-state index is 0.246. The van der Waals surface area contributed by atoms with Gasteiger partial charge < -0.3 is 4.74 Å². The van der Waals surface area contributed by atoms with Gasteiger partial charge in [0.25, 0.3) is 0 Å². The number of hydrogen-bond acceptors (Lipinski definition) is 3. The normalized spacial score (nSPS) is 16.6. The monoisotopic (exact) mass is 264 g/mol. The molecule has 2 aromatic rings. The second-order valence-corrected chi connectivity index (χ2v) is 4.53. The van der Waals surface area contributed by atoms with Gasteiger partial charge in [-0.2, -0.15) is 0 Å². The Morgan fingerprint density at radius 1 is 0.900 bits per heavy atom. The van der Waals surface area contributed by atoms with Crippen LogP contribution in [0.4, 0.5) is 0 Å². The van der Waals surface area contributed by atoms with Gasteiger partial charge in [-0.3, -0.25) is 9.59 Å². The molecule has 98 valence electrons. The van der Waals surface area contributed by atoms with Gasteiger partial charge in [-0.25, -0.2) is 0 Å². The van der Waals surface area contributed by atoms with E-state index >= 15 is 0 Å². The van der Waals surface area contributed by atoms with Crippen molar-refractivity contribution in [3.05, 3.63) is 71.8 Å². The Hall–Kier alpha value is -2.68. The first-order chi connectivity index (χ1) is 9.75. The first-order valence-electron chi connectivity index (χ1n) is 6.33. The summed E-state index contributed by atoms with van der Waals surface area (Å²) in [6.07, 6.45) is 3.16. The van der Waals surface area contributed by atoms with Crippen LogP contribution >= 0.6 is 0 Å². The zero-order valence-corrected chi connectivity index (χ0v) is 10.7. The van der Waals surface area contributed by atoms with Crippen molar-refractivity contribution in [1.82, 2.24) is 0 Å². The fourth-order valence-electron chi connectivity index (χ4n) is 2.25. The van der Waals surface area contributed by atoms with E-state index in [1.165, 1.54) is 6.08 Å². The van der Waals surface area contributed by atoms with Crippen LogP contribution in [-0.4, -0.2) is 11.8 Å². The summed E-state index contributed by atoms with van der Waals surface area (Å²) in [4.78, 5) is 24.3. The van der Waals surface area contributed by atoms with Crippen LogP contribution in [0.25, 0.3) is 6.08 Å². The van der Waals surface area contributed by atoms with E-state index in [-0.39, 0.29) is 5.78 Å². The quantitative estimate of drug-likeness (QED) is 0.476. The predicted molar refractivity (Wildman–Crippen MR) is 75.3 cm³/mol. The van der Waals surface area contributed by atoms with Crippen molar-refractivity contribution in [3.63, 3.8) is 0 Å². The molecule has 2 aromatic carbocycles. The summed E-state index contributed by atoms with van der Waals surface area (Å²) in [5.74, 6) is -1.23. The second-order valence-electron chi connectivity index (χ2n) is 4.53. The molecular formula is C17H12O3.